The molecule has 1 aliphatic carbocycles. The van der Waals surface area contributed by atoms with Crippen molar-refractivity contribution in [2.45, 2.75) is 19.3 Å². The molecule has 1 N–H and O–H groups in total. The van der Waals surface area contributed by atoms with Crippen LogP contribution in [0.25, 0.3) is 0 Å². The summed E-state index contributed by atoms with van der Waals surface area (Å²) < 4.78 is 0. The number of benzene rings is 1. The molecule has 0 bridgehead atoms. The Labute approximate surface area is 107 Å². The first-order valence-electron chi connectivity index (χ1n) is 6.16. The highest BCUT2D eigenvalue weighted by molar-refractivity contribution is 5.97. The molecule has 1 aromatic carbocycles. The van der Waals surface area contributed by atoms with Crippen LogP contribution >= 0.6 is 0 Å². The lowest BCUT2D eigenvalue weighted by atomic mass is 10.1. The summed E-state index contributed by atoms with van der Waals surface area (Å²) in [6, 6.07) is 7.67. The molecular formula is C14H18N2O2. The maximum Gasteiger partial charge on any atom is 0.227 e. The number of Topliss-reactive ketones (excluding diaryl/α,β-unsaturated/α-hetero) is 1. The molecule has 4 nitrogen and oxygen atoms in total. The van der Waals surface area contributed by atoms with E-state index in [2.05, 4.69) is 5.32 Å². The highest BCUT2D eigenvalue weighted by Crippen LogP contribution is 2.24. The van der Waals surface area contributed by atoms with Crippen molar-refractivity contribution in [2.75, 3.05) is 24.3 Å². The van der Waals surface area contributed by atoms with E-state index >= 15 is 0 Å². The van der Waals surface area contributed by atoms with E-state index < -0.39 is 0 Å². The summed E-state index contributed by atoms with van der Waals surface area (Å²) in [5, 5.41) is 2.86. The van der Waals surface area contributed by atoms with E-state index in [1.807, 2.05) is 43.3 Å². The largest absolute Gasteiger partial charge is 0.378 e. The molecule has 1 unspecified atom stereocenters. The molecule has 1 atom stereocenters. The highest BCUT2D eigenvalue weighted by atomic mass is 16.2. The Morgan fingerprint density at radius 2 is 1.94 bits per heavy atom. The Bertz CT molecular complexity index is 451. The molecule has 0 saturated heterocycles. The molecule has 1 aliphatic rings. The Morgan fingerprint density at radius 3 is 2.44 bits per heavy atom. The second kappa shape index (κ2) is 5.21. The number of carbonyl (C=O) groups is 2. The zero-order valence-corrected chi connectivity index (χ0v) is 10.8. The summed E-state index contributed by atoms with van der Waals surface area (Å²) in [5.74, 6) is 0.00239. The topological polar surface area (TPSA) is 49.4 Å². The molecule has 1 fully saturated rings. The van der Waals surface area contributed by atoms with E-state index in [0.29, 0.717) is 19.3 Å². The van der Waals surface area contributed by atoms with Crippen LogP contribution in [-0.4, -0.2) is 25.8 Å². The zero-order chi connectivity index (χ0) is 13.1. The molecule has 2 rings (SSSR count). The molecule has 1 aromatic rings. The van der Waals surface area contributed by atoms with Crippen LogP contribution in [0.4, 0.5) is 11.4 Å². The van der Waals surface area contributed by atoms with Gasteiger partial charge in [0.1, 0.15) is 5.78 Å². The lowest BCUT2D eigenvalue weighted by molar-refractivity contribution is -0.122. The standard InChI is InChI=1S/C14H18N2O2/c1-16(2)12-6-4-11(5-7-12)15-14(18)10-3-8-13(17)9-10/h4-7,10H,3,8-9H2,1-2H3,(H,15,18). The average molecular weight is 246 g/mol. The third-order valence-corrected chi connectivity index (χ3v) is 3.27. The third kappa shape index (κ3) is 2.88. The van der Waals surface area contributed by atoms with Gasteiger partial charge in [0.05, 0.1) is 0 Å². The second-order valence-electron chi connectivity index (χ2n) is 4.91. The normalized spacial score (nSPS) is 18.8. The number of hydrogen-bond acceptors (Lipinski definition) is 3. The SMILES string of the molecule is CN(C)c1ccc(NC(=O)C2CCC(=O)C2)cc1. The molecule has 0 radical (unpaired) electrons. The summed E-state index contributed by atoms with van der Waals surface area (Å²) in [5.41, 5.74) is 1.87. The molecule has 1 saturated carbocycles. The molecular weight excluding hydrogens is 228 g/mol. The van der Waals surface area contributed by atoms with Crippen molar-refractivity contribution in [3.05, 3.63) is 24.3 Å². The number of anilines is 2. The van der Waals surface area contributed by atoms with Gasteiger partial charge in [-0.2, -0.15) is 0 Å². The summed E-state index contributed by atoms with van der Waals surface area (Å²) in [7, 11) is 3.94. The van der Waals surface area contributed by atoms with Crippen LogP contribution < -0.4 is 10.2 Å². The van der Waals surface area contributed by atoms with Gasteiger partial charge in [0.2, 0.25) is 5.91 Å². The predicted octanol–water partition coefficient (Wildman–Crippen LogP) is 2.06. The van der Waals surface area contributed by atoms with Crippen molar-refractivity contribution in [1.29, 1.82) is 0 Å². The van der Waals surface area contributed by atoms with Crippen molar-refractivity contribution in [1.82, 2.24) is 0 Å². The number of rotatable bonds is 3. The second-order valence-corrected chi connectivity index (χ2v) is 4.91. The monoisotopic (exact) mass is 246 g/mol. The molecule has 1 amide bonds. The minimum absolute atomic E-state index is 0.0431. The maximum absolute atomic E-state index is 11.9. The van der Waals surface area contributed by atoms with Crippen LogP contribution in [0.15, 0.2) is 24.3 Å². The van der Waals surface area contributed by atoms with Crippen molar-refractivity contribution in [3.63, 3.8) is 0 Å². The smallest absolute Gasteiger partial charge is 0.227 e. The zero-order valence-electron chi connectivity index (χ0n) is 10.8. The highest BCUT2D eigenvalue weighted by Gasteiger charge is 2.28. The van der Waals surface area contributed by atoms with Crippen LogP contribution in [-0.2, 0) is 9.59 Å². The van der Waals surface area contributed by atoms with E-state index in [0.717, 1.165) is 11.4 Å². The lowest BCUT2D eigenvalue weighted by Crippen LogP contribution is -2.20. The van der Waals surface area contributed by atoms with Crippen LogP contribution in [0.3, 0.4) is 0 Å². The fraction of sp³-hybridized carbons (Fsp3) is 0.429. The number of nitrogens with one attached hydrogen (secondary N) is 1. The van der Waals surface area contributed by atoms with Gasteiger partial charge < -0.3 is 10.2 Å². The van der Waals surface area contributed by atoms with E-state index in [4.69, 9.17) is 0 Å². The number of nitrogens with zero attached hydrogens (tertiary/aromatic N) is 1. The minimum atomic E-state index is -0.147. The Balaban J connectivity index is 1.97. The number of amides is 1. The number of carbonyl (C=O) groups excluding carboxylic acids is 2. The molecule has 0 heterocycles. The summed E-state index contributed by atoms with van der Waals surface area (Å²) in [4.78, 5) is 25.1. The third-order valence-electron chi connectivity index (χ3n) is 3.27. The van der Waals surface area contributed by atoms with E-state index in [1.165, 1.54) is 0 Å². The van der Waals surface area contributed by atoms with Gasteiger partial charge in [-0.3, -0.25) is 9.59 Å². The summed E-state index contributed by atoms with van der Waals surface area (Å²) in [6.45, 7) is 0. The van der Waals surface area contributed by atoms with Gasteiger partial charge in [-0.25, -0.2) is 0 Å². The first-order valence-corrected chi connectivity index (χ1v) is 6.16. The van der Waals surface area contributed by atoms with Gasteiger partial charge in [0, 0.05) is 44.2 Å². The quantitative estimate of drug-likeness (QED) is 0.888. The number of ketones is 1. The maximum atomic E-state index is 11.9. The van der Waals surface area contributed by atoms with Gasteiger partial charge in [-0.15, -0.1) is 0 Å². The van der Waals surface area contributed by atoms with Crippen LogP contribution in [0.2, 0.25) is 0 Å². The molecule has 96 valence electrons. The van der Waals surface area contributed by atoms with Crippen LogP contribution in [0.1, 0.15) is 19.3 Å². The lowest BCUT2D eigenvalue weighted by Gasteiger charge is -2.14. The van der Waals surface area contributed by atoms with Crippen molar-refractivity contribution < 1.29 is 9.59 Å². The number of hydrogen-bond donors (Lipinski definition) is 1. The molecule has 0 aromatic heterocycles. The predicted molar refractivity (Wildman–Crippen MR) is 71.7 cm³/mol. The molecule has 18 heavy (non-hydrogen) atoms. The molecule has 4 heteroatoms. The van der Waals surface area contributed by atoms with Gasteiger partial charge in [-0.05, 0) is 30.7 Å². The van der Waals surface area contributed by atoms with Gasteiger partial charge in [-0.1, -0.05) is 0 Å². The van der Waals surface area contributed by atoms with Crippen LogP contribution in [0.5, 0.6) is 0 Å². The minimum Gasteiger partial charge on any atom is -0.378 e. The van der Waals surface area contributed by atoms with Crippen LogP contribution in [0, 0.1) is 5.92 Å². The molecule has 0 spiro atoms. The van der Waals surface area contributed by atoms with E-state index in [9.17, 15) is 9.59 Å². The average Bonchev–Trinajstić information content (AvgIpc) is 2.76. The van der Waals surface area contributed by atoms with Crippen molar-refractivity contribution >= 4 is 23.1 Å². The fourth-order valence-electron chi connectivity index (χ4n) is 2.13. The first-order chi connectivity index (χ1) is 8.56. The van der Waals surface area contributed by atoms with E-state index in [-0.39, 0.29) is 17.6 Å². The summed E-state index contributed by atoms with van der Waals surface area (Å²) in [6.07, 6.45) is 1.61. The van der Waals surface area contributed by atoms with Gasteiger partial charge in [0.25, 0.3) is 0 Å². The van der Waals surface area contributed by atoms with Crippen molar-refractivity contribution in [2.24, 2.45) is 5.92 Å². The Hall–Kier alpha value is -1.84. The van der Waals surface area contributed by atoms with Crippen molar-refractivity contribution in [3.8, 4) is 0 Å². The Kier molecular flexibility index (Phi) is 3.65. The fourth-order valence-corrected chi connectivity index (χ4v) is 2.13. The van der Waals surface area contributed by atoms with Gasteiger partial charge >= 0.3 is 0 Å². The summed E-state index contributed by atoms with van der Waals surface area (Å²) >= 11 is 0. The van der Waals surface area contributed by atoms with Gasteiger partial charge in [0.15, 0.2) is 0 Å². The molecule has 0 aliphatic heterocycles. The van der Waals surface area contributed by atoms with E-state index in [1.54, 1.807) is 0 Å². The Morgan fingerprint density at radius 1 is 1.28 bits per heavy atom. The first kappa shape index (κ1) is 12.6.